The maximum absolute atomic E-state index is 9.08. The number of hydrogen-bond donors (Lipinski definition) is 0. The lowest BCUT2D eigenvalue weighted by Crippen LogP contribution is -1.95. The predicted octanol–water partition coefficient (Wildman–Crippen LogP) is 4.19. The van der Waals surface area contributed by atoms with Crippen molar-refractivity contribution in [3.63, 3.8) is 0 Å². The van der Waals surface area contributed by atoms with Crippen LogP contribution in [0.15, 0.2) is 40.9 Å². The molecule has 0 amide bonds. The molecule has 0 saturated carbocycles. The Morgan fingerprint density at radius 3 is 2.50 bits per heavy atom. The Morgan fingerprint density at radius 1 is 1.19 bits per heavy atom. The summed E-state index contributed by atoms with van der Waals surface area (Å²) in [5.74, 6) is 0. The Morgan fingerprint density at radius 2 is 1.88 bits per heavy atom. The Hall–Kier alpha value is -1.52. The zero-order valence-corrected chi connectivity index (χ0v) is 9.88. The number of hydrogen-bond acceptors (Lipinski definition) is 1. The van der Waals surface area contributed by atoms with Gasteiger partial charge in [-0.15, -0.1) is 0 Å². The van der Waals surface area contributed by atoms with Crippen molar-refractivity contribution in [2.24, 2.45) is 0 Å². The van der Waals surface area contributed by atoms with Gasteiger partial charge in [0.1, 0.15) is 0 Å². The fourth-order valence-corrected chi connectivity index (χ4v) is 2.01. The van der Waals surface area contributed by atoms with Crippen molar-refractivity contribution in [2.75, 3.05) is 0 Å². The van der Waals surface area contributed by atoms with Crippen LogP contribution in [0.3, 0.4) is 0 Å². The largest absolute Gasteiger partial charge is 0.193 e. The highest BCUT2D eigenvalue weighted by molar-refractivity contribution is 6.30. The Kier molecular flexibility index (Phi) is 3.12. The van der Waals surface area contributed by atoms with Crippen LogP contribution in [-0.4, -0.2) is 0 Å². The molecule has 0 radical (unpaired) electrons. The molecule has 0 N–H and O–H groups in total. The lowest BCUT2D eigenvalue weighted by Gasteiger charge is -2.13. The molecule has 80 valence electrons. The molecule has 16 heavy (non-hydrogen) atoms. The van der Waals surface area contributed by atoms with E-state index in [2.05, 4.69) is 6.07 Å². The third-order valence-corrected chi connectivity index (χ3v) is 3.04. The van der Waals surface area contributed by atoms with Crippen molar-refractivity contribution in [1.29, 1.82) is 5.26 Å². The summed E-state index contributed by atoms with van der Waals surface area (Å²) in [5.41, 5.74) is 4.08. The second-order valence-corrected chi connectivity index (χ2v) is 4.45. The third kappa shape index (κ3) is 2.18. The van der Waals surface area contributed by atoms with Gasteiger partial charge in [0.2, 0.25) is 0 Å². The van der Waals surface area contributed by atoms with Gasteiger partial charge in [0.15, 0.2) is 0 Å². The molecule has 0 aromatic heterocycles. The summed E-state index contributed by atoms with van der Waals surface area (Å²) < 4.78 is 0. The molecule has 0 saturated heterocycles. The van der Waals surface area contributed by atoms with Crippen molar-refractivity contribution in [2.45, 2.75) is 19.8 Å². The average molecular weight is 230 g/mol. The highest BCUT2D eigenvalue weighted by Gasteiger charge is 2.13. The molecule has 0 atom stereocenters. The molecule has 1 aromatic carbocycles. The zero-order chi connectivity index (χ0) is 11.5. The summed E-state index contributed by atoms with van der Waals surface area (Å²) >= 11 is 6.03. The Balaban J connectivity index is 2.49. The zero-order valence-electron chi connectivity index (χ0n) is 9.13. The minimum absolute atomic E-state index is 0.745. The van der Waals surface area contributed by atoms with Crippen LogP contribution in [-0.2, 0) is 0 Å². The van der Waals surface area contributed by atoms with Crippen molar-refractivity contribution in [3.05, 3.63) is 52.1 Å². The van der Waals surface area contributed by atoms with Crippen molar-refractivity contribution >= 4 is 17.2 Å². The maximum atomic E-state index is 9.08. The van der Waals surface area contributed by atoms with Gasteiger partial charge < -0.3 is 0 Å². The van der Waals surface area contributed by atoms with Crippen LogP contribution in [0.4, 0.5) is 0 Å². The molecular formula is C14H12ClN. The van der Waals surface area contributed by atoms with Crippen LogP contribution in [0.1, 0.15) is 24.0 Å². The molecule has 0 spiro atoms. The van der Waals surface area contributed by atoms with Crippen LogP contribution in [0.25, 0.3) is 5.57 Å². The van der Waals surface area contributed by atoms with E-state index >= 15 is 0 Å². The number of allylic oxidation sites excluding steroid dienone is 4. The van der Waals surface area contributed by atoms with E-state index in [-0.39, 0.29) is 0 Å². The van der Waals surface area contributed by atoms with Crippen molar-refractivity contribution < 1.29 is 0 Å². The molecule has 1 aliphatic rings. The van der Waals surface area contributed by atoms with Gasteiger partial charge in [0.05, 0.1) is 6.07 Å². The van der Waals surface area contributed by atoms with Gasteiger partial charge in [0.25, 0.3) is 0 Å². The van der Waals surface area contributed by atoms with Crippen molar-refractivity contribution in [1.82, 2.24) is 0 Å². The quantitative estimate of drug-likeness (QED) is 0.709. The Bertz CT molecular complexity index is 501. The first-order valence-electron chi connectivity index (χ1n) is 5.27. The predicted molar refractivity (Wildman–Crippen MR) is 66.9 cm³/mol. The lowest BCUT2D eigenvalue weighted by molar-refractivity contribution is 0.982. The lowest BCUT2D eigenvalue weighted by atomic mass is 9.92. The minimum atomic E-state index is 0.745. The van der Waals surface area contributed by atoms with E-state index < -0.39 is 0 Å². The van der Waals surface area contributed by atoms with Crippen LogP contribution in [0.5, 0.6) is 0 Å². The van der Waals surface area contributed by atoms with E-state index in [9.17, 15) is 0 Å². The van der Waals surface area contributed by atoms with Crippen LogP contribution in [0, 0.1) is 18.3 Å². The van der Waals surface area contributed by atoms with E-state index in [0.29, 0.717) is 0 Å². The van der Waals surface area contributed by atoms with Gasteiger partial charge in [-0.25, -0.2) is 0 Å². The molecule has 1 aromatic rings. The molecule has 0 bridgehead atoms. The number of aryl methyl sites for hydroxylation is 1. The fraction of sp³-hybridized carbons (Fsp3) is 0.214. The number of nitrogens with zero attached hydrogens (tertiary/aromatic N) is 1. The van der Waals surface area contributed by atoms with E-state index in [1.54, 1.807) is 0 Å². The highest BCUT2D eigenvalue weighted by Crippen LogP contribution is 2.32. The number of rotatable bonds is 1. The summed E-state index contributed by atoms with van der Waals surface area (Å²) in [5, 5.41) is 9.91. The molecule has 2 rings (SSSR count). The molecule has 1 nitrogen and oxygen atoms in total. The highest BCUT2D eigenvalue weighted by atomic mass is 35.5. The number of benzene rings is 1. The summed E-state index contributed by atoms with van der Waals surface area (Å²) in [6, 6.07) is 10.4. The topological polar surface area (TPSA) is 23.8 Å². The summed E-state index contributed by atoms with van der Waals surface area (Å²) in [6.45, 7) is 2.05. The average Bonchev–Trinajstić information content (AvgIpc) is 2.30. The van der Waals surface area contributed by atoms with E-state index in [1.165, 1.54) is 5.56 Å². The van der Waals surface area contributed by atoms with Crippen molar-refractivity contribution in [3.8, 4) is 6.07 Å². The van der Waals surface area contributed by atoms with Crippen LogP contribution >= 0.6 is 11.6 Å². The van der Waals surface area contributed by atoms with Gasteiger partial charge in [-0.1, -0.05) is 41.4 Å². The third-order valence-electron chi connectivity index (χ3n) is 2.74. The first-order chi connectivity index (χ1) is 7.70. The standard InChI is InChI=1S/C14H12ClN/c1-10-2-4-11(5-3-10)14-8-13(15)7-6-12(14)9-16/h2-5,8H,6-7H2,1H3. The number of nitriles is 1. The smallest absolute Gasteiger partial charge is 0.0953 e. The normalized spacial score (nSPS) is 15.7. The summed E-state index contributed by atoms with van der Waals surface area (Å²) in [4.78, 5) is 0. The van der Waals surface area contributed by atoms with Crippen LogP contribution in [0.2, 0.25) is 0 Å². The second-order valence-electron chi connectivity index (χ2n) is 3.96. The molecular weight excluding hydrogens is 218 g/mol. The van der Waals surface area contributed by atoms with E-state index in [4.69, 9.17) is 16.9 Å². The van der Waals surface area contributed by atoms with Gasteiger partial charge in [-0.2, -0.15) is 5.26 Å². The minimum Gasteiger partial charge on any atom is -0.193 e. The van der Waals surface area contributed by atoms with Crippen LogP contribution < -0.4 is 0 Å². The monoisotopic (exact) mass is 229 g/mol. The Labute approximate surface area is 101 Å². The SMILES string of the molecule is Cc1ccc(C2=C(C#N)CCC(Cl)=C2)cc1. The molecule has 2 heteroatoms. The molecule has 0 aliphatic heterocycles. The first kappa shape index (κ1) is 11.0. The molecule has 1 aliphatic carbocycles. The number of halogens is 1. The summed E-state index contributed by atoms with van der Waals surface area (Å²) in [6.07, 6.45) is 3.43. The molecule has 0 unspecified atom stereocenters. The molecule has 0 fully saturated rings. The van der Waals surface area contributed by atoms with E-state index in [1.807, 2.05) is 37.3 Å². The fourth-order valence-electron chi connectivity index (χ4n) is 1.80. The van der Waals surface area contributed by atoms with E-state index in [0.717, 1.165) is 34.6 Å². The van der Waals surface area contributed by atoms with Gasteiger partial charge in [0, 0.05) is 10.6 Å². The van der Waals surface area contributed by atoms with Gasteiger partial charge >= 0.3 is 0 Å². The van der Waals surface area contributed by atoms with Gasteiger partial charge in [-0.05, 0) is 37.0 Å². The maximum Gasteiger partial charge on any atom is 0.0953 e. The second kappa shape index (κ2) is 4.55. The summed E-state index contributed by atoms with van der Waals surface area (Å²) in [7, 11) is 0. The molecule has 0 heterocycles. The first-order valence-corrected chi connectivity index (χ1v) is 5.65. The van der Waals surface area contributed by atoms with Gasteiger partial charge in [-0.3, -0.25) is 0 Å².